The topological polar surface area (TPSA) is 73.9 Å². The smallest absolute Gasteiger partial charge is 0.331 e. The summed E-state index contributed by atoms with van der Waals surface area (Å²) < 4.78 is 15.2. The SMILES string of the molecule is COc1ccccc1/C=C/C(=O)OCC(=O)Nc1ccccc1OC. The van der Waals surface area contributed by atoms with Crippen molar-refractivity contribution in [1.29, 1.82) is 0 Å². The third-order valence-corrected chi connectivity index (χ3v) is 3.26. The minimum atomic E-state index is -0.624. The van der Waals surface area contributed by atoms with Crippen LogP contribution in [0.25, 0.3) is 6.08 Å². The van der Waals surface area contributed by atoms with Gasteiger partial charge in [0.15, 0.2) is 6.61 Å². The van der Waals surface area contributed by atoms with Gasteiger partial charge in [-0.05, 0) is 24.3 Å². The Bertz CT molecular complexity index is 770. The number of hydrogen-bond donors (Lipinski definition) is 1. The Morgan fingerprint density at radius 2 is 1.60 bits per heavy atom. The van der Waals surface area contributed by atoms with Gasteiger partial charge in [0, 0.05) is 11.6 Å². The van der Waals surface area contributed by atoms with E-state index in [1.807, 2.05) is 12.1 Å². The average Bonchev–Trinajstić information content (AvgIpc) is 2.65. The maximum atomic E-state index is 11.9. The van der Waals surface area contributed by atoms with Gasteiger partial charge in [-0.15, -0.1) is 0 Å². The number of esters is 1. The largest absolute Gasteiger partial charge is 0.496 e. The number of carbonyl (C=O) groups is 2. The fraction of sp³-hybridized carbons (Fsp3) is 0.158. The third-order valence-electron chi connectivity index (χ3n) is 3.26. The van der Waals surface area contributed by atoms with E-state index in [0.717, 1.165) is 5.56 Å². The fourth-order valence-electron chi connectivity index (χ4n) is 2.08. The van der Waals surface area contributed by atoms with Crippen LogP contribution in [0.4, 0.5) is 5.69 Å². The molecule has 6 heteroatoms. The molecule has 0 fully saturated rings. The number of para-hydroxylation sites is 3. The monoisotopic (exact) mass is 341 g/mol. The molecule has 0 aliphatic heterocycles. The second kappa shape index (κ2) is 9.12. The molecular formula is C19H19NO5. The number of hydrogen-bond acceptors (Lipinski definition) is 5. The molecule has 1 N–H and O–H groups in total. The normalized spacial score (nSPS) is 10.3. The van der Waals surface area contributed by atoms with Crippen LogP contribution < -0.4 is 14.8 Å². The van der Waals surface area contributed by atoms with Crippen molar-refractivity contribution < 1.29 is 23.8 Å². The van der Waals surface area contributed by atoms with Crippen LogP contribution in [-0.2, 0) is 14.3 Å². The summed E-state index contributed by atoms with van der Waals surface area (Å²) in [7, 11) is 3.06. The van der Waals surface area contributed by atoms with Gasteiger partial charge in [0.1, 0.15) is 11.5 Å². The number of amides is 1. The molecule has 0 unspecified atom stereocenters. The maximum Gasteiger partial charge on any atom is 0.331 e. The summed E-state index contributed by atoms with van der Waals surface area (Å²) in [4.78, 5) is 23.6. The van der Waals surface area contributed by atoms with Crippen molar-refractivity contribution in [2.45, 2.75) is 0 Å². The molecule has 0 atom stereocenters. The van der Waals surface area contributed by atoms with Crippen molar-refractivity contribution in [1.82, 2.24) is 0 Å². The Morgan fingerprint density at radius 1 is 0.960 bits per heavy atom. The average molecular weight is 341 g/mol. The predicted octanol–water partition coefficient (Wildman–Crippen LogP) is 2.90. The highest BCUT2D eigenvalue weighted by molar-refractivity contribution is 5.95. The van der Waals surface area contributed by atoms with Crippen LogP contribution in [-0.4, -0.2) is 32.7 Å². The molecule has 0 radical (unpaired) electrons. The van der Waals surface area contributed by atoms with Crippen molar-refractivity contribution in [2.75, 3.05) is 26.1 Å². The van der Waals surface area contributed by atoms with Gasteiger partial charge in [-0.25, -0.2) is 4.79 Å². The molecular weight excluding hydrogens is 322 g/mol. The Kier molecular flexibility index (Phi) is 6.59. The van der Waals surface area contributed by atoms with Gasteiger partial charge in [0.2, 0.25) is 0 Å². The van der Waals surface area contributed by atoms with Crippen LogP contribution in [0.5, 0.6) is 11.5 Å². The van der Waals surface area contributed by atoms with Gasteiger partial charge in [-0.1, -0.05) is 30.3 Å². The van der Waals surface area contributed by atoms with E-state index in [9.17, 15) is 9.59 Å². The van der Waals surface area contributed by atoms with Crippen molar-refractivity contribution in [3.63, 3.8) is 0 Å². The second-order valence-corrected chi connectivity index (χ2v) is 4.93. The number of benzene rings is 2. The number of methoxy groups -OCH3 is 2. The minimum Gasteiger partial charge on any atom is -0.496 e. The Labute approximate surface area is 146 Å². The van der Waals surface area contributed by atoms with E-state index in [2.05, 4.69) is 5.32 Å². The lowest BCUT2D eigenvalue weighted by atomic mass is 10.2. The molecule has 25 heavy (non-hydrogen) atoms. The van der Waals surface area contributed by atoms with E-state index in [4.69, 9.17) is 14.2 Å². The van der Waals surface area contributed by atoms with E-state index in [1.54, 1.807) is 49.6 Å². The summed E-state index contributed by atoms with van der Waals surface area (Å²) in [5.41, 5.74) is 1.25. The van der Waals surface area contributed by atoms with E-state index in [0.29, 0.717) is 17.2 Å². The van der Waals surface area contributed by atoms with Crippen molar-refractivity contribution in [2.24, 2.45) is 0 Å². The van der Waals surface area contributed by atoms with Crippen LogP contribution >= 0.6 is 0 Å². The summed E-state index contributed by atoms with van der Waals surface area (Å²) in [6.45, 7) is -0.396. The molecule has 130 valence electrons. The molecule has 0 heterocycles. The van der Waals surface area contributed by atoms with Crippen molar-refractivity contribution >= 4 is 23.6 Å². The van der Waals surface area contributed by atoms with Gasteiger partial charge < -0.3 is 19.5 Å². The molecule has 2 aromatic carbocycles. The zero-order chi connectivity index (χ0) is 18.1. The zero-order valence-electron chi connectivity index (χ0n) is 14.0. The molecule has 1 amide bonds. The number of nitrogens with one attached hydrogen (secondary N) is 1. The van der Waals surface area contributed by atoms with Gasteiger partial charge in [0.25, 0.3) is 5.91 Å². The summed E-state index contributed by atoms with van der Waals surface area (Å²) >= 11 is 0. The highest BCUT2D eigenvalue weighted by Crippen LogP contribution is 2.22. The minimum absolute atomic E-state index is 0.396. The summed E-state index contributed by atoms with van der Waals surface area (Å²) in [6, 6.07) is 14.2. The van der Waals surface area contributed by atoms with Crippen LogP contribution in [0, 0.1) is 0 Å². The lowest BCUT2D eigenvalue weighted by Gasteiger charge is -2.09. The second-order valence-electron chi connectivity index (χ2n) is 4.93. The first-order chi connectivity index (χ1) is 12.1. The fourth-order valence-corrected chi connectivity index (χ4v) is 2.08. The molecule has 2 aromatic rings. The number of carbonyl (C=O) groups excluding carboxylic acids is 2. The number of ether oxygens (including phenoxy) is 3. The molecule has 0 bridgehead atoms. The van der Waals surface area contributed by atoms with Crippen LogP contribution in [0.2, 0.25) is 0 Å². The first-order valence-electron chi connectivity index (χ1n) is 7.54. The van der Waals surface area contributed by atoms with Gasteiger partial charge in [-0.2, -0.15) is 0 Å². The zero-order valence-corrected chi connectivity index (χ0v) is 14.0. The molecule has 0 aliphatic carbocycles. The number of rotatable bonds is 7. The maximum absolute atomic E-state index is 11.9. The predicted molar refractivity (Wildman–Crippen MR) is 94.6 cm³/mol. The molecule has 0 aliphatic rings. The Hall–Kier alpha value is -3.28. The Balaban J connectivity index is 1.87. The third kappa shape index (κ3) is 5.39. The Morgan fingerprint density at radius 3 is 2.32 bits per heavy atom. The van der Waals surface area contributed by atoms with Gasteiger partial charge in [0.05, 0.1) is 19.9 Å². The standard InChI is InChI=1S/C19H19NO5/c1-23-16-9-5-3-7-14(16)11-12-19(22)25-13-18(21)20-15-8-4-6-10-17(15)24-2/h3-12H,13H2,1-2H3,(H,20,21)/b12-11+. The molecule has 2 rings (SSSR count). The lowest BCUT2D eigenvalue weighted by Crippen LogP contribution is -2.20. The molecule has 0 saturated heterocycles. The highest BCUT2D eigenvalue weighted by Gasteiger charge is 2.09. The molecule has 6 nitrogen and oxygen atoms in total. The van der Waals surface area contributed by atoms with Crippen LogP contribution in [0.3, 0.4) is 0 Å². The van der Waals surface area contributed by atoms with Crippen molar-refractivity contribution in [3.8, 4) is 11.5 Å². The van der Waals surface area contributed by atoms with Gasteiger partial charge in [-0.3, -0.25) is 4.79 Å². The van der Waals surface area contributed by atoms with E-state index in [1.165, 1.54) is 13.2 Å². The quantitative estimate of drug-likeness (QED) is 0.619. The molecule has 0 saturated carbocycles. The highest BCUT2D eigenvalue weighted by atomic mass is 16.5. The van der Waals surface area contributed by atoms with Crippen LogP contribution in [0.1, 0.15) is 5.56 Å². The summed E-state index contributed by atoms with van der Waals surface area (Å²) in [6.07, 6.45) is 2.81. The summed E-state index contributed by atoms with van der Waals surface area (Å²) in [5.74, 6) is 0.0864. The first kappa shape index (κ1) is 18.1. The lowest BCUT2D eigenvalue weighted by molar-refractivity contribution is -0.142. The first-order valence-corrected chi connectivity index (χ1v) is 7.54. The number of anilines is 1. The van der Waals surface area contributed by atoms with E-state index >= 15 is 0 Å². The van der Waals surface area contributed by atoms with Crippen LogP contribution in [0.15, 0.2) is 54.6 Å². The molecule has 0 spiro atoms. The van der Waals surface area contributed by atoms with Gasteiger partial charge >= 0.3 is 5.97 Å². The van der Waals surface area contributed by atoms with E-state index < -0.39 is 18.5 Å². The molecule has 0 aromatic heterocycles. The van der Waals surface area contributed by atoms with E-state index in [-0.39, 0.29) is 0 Å². The van der Waals surface area contributed by atoms with Crippen molar-refractivity contribution in [3.05, 3.63) is 60.2 Å². The summed E-state index contributed by atoms with van der Waals surface area (Å²) in [5, 5.41) is 2.62.